The Morgan fingerprint density at radius 2 is 1.40 bits per heavy atom. The third-order valence-corrected chi connectivity index (χ3v) is 10.9. The van der Waals surface area contributed by atoms with E-state index in [1.54, 1.807) is 29.2 Å². The molecule has 0 aliphatic carbocycles. The zero-order chi connectivity index (χ0) is 33.8. The number of ketones is 1. The summed E-state index contributed by atoms with van der Waals surface area (Å²) in [5.74, 6) is -0.612. The van der Waals surface area contributed by atoms with Gasteiger partial charge in [0.15, 0.2) is 5.78 Å². The fraction of sp³-hybridized carbons (Fsp3) is 0.158. The molecular formula is C38H36FN2O6P. The minimum absolute atomic E-state index is 0.0153. The van der Waals surface area contributed by atoms with Crippen LogP contribution in [0.25, 0.3) is 22.3 Å². The second-order valence-electron chi connectivity index (χ2n) is 11.6. The zero-order valence-electron chi connectivity index (χ0n) is 26.5. The molecule has 1 aliphatic rings. The normalized spacial score (nSPS) is 16.5. The van der Waals surface area contributed by atoms with Gasteiger partial charge in [-0.05, 0) is 35.4 Å². The second-order valence-corrected chi connectivity index (χ2v) is 14.2. The molecular weight excluding hydrogens is 630 g/mol. The van der Waals surface area contributed by atoms with Gasteiger partial charge in [0.2, 0.25) is 0 Å². The van der Waals surface area contributed by atoms with E-state index in [1.807, 2.05) is 72.8 Å². The van der Waals surface area contributed by atoms with Gasteiger partial charge in [0.1, 0.15) is 5.82 Å². The van der Waals surface area contributed by atoms with Gasteiger partial charge in [0.05, 0.1) is 0 Å². The van der Waals surface area contributed by atoms with Crippen LogP contribution in [0.3, 0.4) is 0 Å². The van der Waals surface area contributed by atoms with Gasteiger partial charge in [-0.2, -0.15) is 0 Å². The number of anilines is 1. The van der Waals surface area contributed by atoms with Crippen molar-refractivity contribution in [1.29, 1.82) is 0 Å². The molecule has 2 atom stereocenters. The topological polar surface area (TPSA) is 108 Å². The van der Waals surface area contributed by atoms with Crippen molar-refractivity contribution in [2.45, 2.75) is 24.9 Å². The number of hydrogen-bond donors (Lipinski definition) is 3. The first-order chi connectivity index (χ1) is 23.2. The molecule has 6 rings (SSSR count). The SMILES string of the molecule is CO[PH](O)(OC)c1ccc(-c2ccc([C@@H]3[C@H](CCC(=O)c4ccc(F)cc4)NC(=O)N3c3ccc(-c4ccccc4)cc3)c(O)c2)cc1. The van der Waals surface area contributed by atoms with E-state index in [-0.39, 0.29) is 24.0 Å². The summed E-state index contributed by atoms with van der Waals surface area (Å²) in [6, 6.07) is 33.8. The van der Waals surface area contributed by atoms with Crippen molar-refractivity contribution in [2.24, 2.45) is 0 Å². The Morgan fingerprint density at radius 3 is 2.02 bits per heavy atom. The number of phenols is 1. The van der Waals surface area contributed by atoms with Crippen LogP contribution in [0.4, 0.5) is 14.9 Å². The number of nitrogens with one attached hydrogen (secondary N) is 1. The Balaban J connectivity index is 1.32. The van der Waals surface area contributed by atoms with Crippen LogP contribution in [0.2, 0.25) is 0 Å². The van der Waals surface area contributed by atoms with E-state index in [4.69, 9.17) is 9.05 Å². The first-order valence-corrected chi connectivity index (χ1v) is 17.3. The van der Waals surface area contributed by atoms with Gasteiger partial charge in [0, 0.05) is 5.56 Å². The molecule has 1 saturated heterocycles. The van der Waals surface area contributed by atoms with Crippen LogP contribution in [-0.2, 0) is 9.05 Å². The van der Waals surface area contributed by atoms with E-state index >= 15 is 0 Å². The maximum absolute atomic E-state index is 13.6. The van der Waals surface area contributed by atoms with Crippen LogP contribution in [0.5, 0.6) is 5.75 Å². The number of hydrogen-bond acceptors (Lipinski definition) is 6. The summed E-state index contributed by atoms with van der Waals surface area (Å²) in [4.78, 5) is 38.9. The number of amides is 2. The molecule has 246 valence electrons. The minimum atomic E-state index is -3.49. The van der Waals surface area contributed by atoms with E-state index in [9.17, 15) is 24.0 Å². The molecule has 1 aliphatic heterocycles. The van der Waals surface area contributed by atoms with Crippen molar-refractivity contribution in [2.75, 3.05) is 19.1 Å². The molecule has 0 saturated carbocycles. The third-order valence-electron chi connectivity index (χ3n) is 8.77. The summed E-state index contributed by atoms with van der Waals surface area (Å²) < 4.78 is 23.9. The number of carbonyl (C=O) groups excluding carboxylic acids is 2. The Kier molecular flexibility index (Phi) is 9.66. The van der Waals surface area contributed by atoms with Gasteiger partial charge in [0.25, 0.3) is 0 Å². The zero-order valence-corrected chi connectivity index (χ0v) is 27.5. The van der Waals surface area contributed by atoms with Crippen LogP contribution >= 0.6 is 7.94 Å². The molecule has 0 radical (unpaired) electrons. The molecule has 1 heterocycles. The number of nitrogens with zero attached hydrogens (tertiary/aromatic N) is 1. The number of carbonyl (C=O) groups is 2. The van der Waals surface area contributed by atoms with Crippen LogP contribution in [-0.4, -0.2) is 42.1 Å². The fourth-order valence-corrected chi connectivity index (χ4v) is 7.38. The maximum atomic E-state index is 13.6. The van der Waals surface area contributed by atoms with Crippen molar-refractivity contribution in [3.05, 3.63) is 138 Å². The molecule has 3 N–H and O–H groups in total. The number of phenolic OH excluding ortho intramolecular Hbond substituents is 1. The molecule has 0 spiro atoms. The van der Waals surface area contributed by atoms with Crippen LogP contribution in [0.1, 0.15) is 34.8 Å². The van der Waals surface area contributed by atoms with E-state index in [1.165, 1.54) is 38.5 Å². The Morgan fingerprint density at radius 1 is 0.812 bits per heavy atom. The van der Waals surface area contributed by atoms with Gasteiger partial charge in [-0.3, -0.25) is 4.79 Å². The number of benzene rings is 5. The summed E-state index contributed by atoms with van der Waals surface area (Å²) >= 11 is 0. The summed E-state index contributed by atoms with van der Waals surface area (Å²) in [5, 5.41) is 15.1. The van der Waals surface area contributed by atoms with Gasteiger partial charge < -0.3 is 0 Å². The third kappa shape index (κ3) is 6.72. The van der Waals surface area contributed by atoms with Crippen molar-refractivity contribution in [1.82, 2.24) is 5.32 Å². The Hall–Kier alpha value is -4.92. The van der Waals surface area contributed by atoms with Crippen molar-refractivity contribution < 1.29 is 33.0 Å². The van der Waals surface area contributed by atoms with Gasteiger partial charge in [-0.15, -0.1) is 0 Å². The molecule has 1 fully saturated rings. The number of rotatable bonds is 11. The summed E-state index contributed by atoms with van der Waals surface area (Å²) in [7, 11) is -0.690. The average molecular weight is 667 g/mol. The van der Waals surface area contributed by atoms with E-state index in [0.29, 0.717) is 28.5 Å². The standard InChI is InChI=1S/C38H36FN2O6P/c1-46-48(45,47-2)32-19-12-27(13-20-32)29-14-21-33(36(43)24-29)37-34(22-23-35(42)28-8-15-30(39)16-9-28)40-38(44)41(37)31-17-10-26(11-18-31)25-6-4-3-5-7-25/h3-21,24,34,37,43,45,48H,22-23H2,1-2H3,(H,40,44)/t34-,37+/m0/s1. The predicted octanol–water partition coefficient (Wildman–Crippen LogP) is 7.57. The number of urea groups is 1. The summed E-state index contributed by atoms with van der Waals surface area (Å²) in [6.07, 6.45) is 0.400. The molecule has 8 nitrogen and oxygen atoms in total. The predicted molar refractivity (Wildman–Crippen MR) is 187 cm³/mol. The number of Topliss-reactive ketones (excluding diaryl/α,β-unsaturated/α-hetero) is 1. The molecule has 0 bridgehead atoms. The van der Waals surface area contributed by atoms with E-state index < -0.39 is 25.8 Å². The second kappa shape index (κ2) is 14.1. The summed E-state index contributed by atoms with van der Waals surface area (Å²) in [5.41, 5.74) is 5.09. The van der Waals surface area contributed by atoms with Crippen molar-refractivity contribution >= 4 is 30.7 Å². The first-order valence-electron chi connectivity index (χ1n) is 15.5. The molecule has 48 heavy (non-hydrogen) atoms. The Bertz CT molecular complexity index is 1900. The first kappa shape index (κ1) is 33.0. The van der Waals surface area contributed by atoms with Crippen LogP contribution < -0.4 is 15.5 Å². The number of aromatic hydroxyl groups is 1. The molecule has 0 unspecified atom stereocenters. The van der Waals surface area contributed by atoms with Gasteiger partial charge in [-0.25, -0.2) is 4.39 Å². The number of halogens is 1. The molecule has 2 amide bonds. The van der Waals surface area contributed by atoms with Gasteiger partial charge >= 0.3 is 175 Å². The van der Waals surface area contributed by atoms with E-state index in [2.05, 4.69) is 5.32 Å². The molecule has 5 aromatic rings. The summed E-state index contributed by atoms with van der Waals surface area (Å²) in [6.45, 7) is 0. The molecule has 10 heteroatoms. The van der Waals surface area contributed by atoms with Crippen molar-refractivity contribution in [3.63, 3.8) is 0 Å². The van der Waals surface area contributed by atoms with Gasteiger partial charge in [-0.1, -0.05) is 42.5 Å². The quantitative estimate of drug-likeness (QED) is 0.0992. The molecule has 0 aromatic heterocycles. The Labute approximate surface area is 279 Å². The van der Waals surface area contributed by atoms with E-state index in [0.717, 1.165) is 22.3 Å². The van der Waals surface area contributed by atoms with Crippen LogP contribution in [0, 0.1) is 5.82 Å². The van der Waals surface area contributed by atoms with Crippen molar-refractivity contribution in [3.8, 4) is 28.0 Å². The monoisotopic (exact) mass is 666 g/mol. The molecule has 5 aromatic carbocycles. The average Bonchev–Trinajstić information content (AvgIpc) is 3.46. The fourth-order valence-electron chi connectivity index (χ4n) is 6.15. The van der Waals surface area contributed by atoms with Crippen LogP contribution in [0.15, 0.2) is 121 Å².